The molecule has 0 spiro atoms. The van der Waals surface area contributed by atoms with Gasteiger partial charge in [-0.1, -0.05) is 0 Å². The van der Waals surface area contributed by atoms with E-state index in [0.717, 1.165) is 0 Å². The fraction of sp³-hybridized carbons (Fsp3) is 0.857. The first kappa shape index (κ1) is 17.7. The first-order chi connectivity index (χ1) is 9.76. The van der Waals surface area contributed by atoms with Crippen LogP contribution in [0.1, 0.15) is 27.7 Å². The summed E-state index contributed by atoms with van der Waals surface area (Å²) in [4.78, 5) is 26.9. The van der Waals surface area contributed by atoms with Crippen LogP contribution in [0.25, 0.3) is 0 Å². The summed E-state index contributed by atoms with van der Waals surface area (Å²) < 4.78 is 10.2. The minimum Gasteiger partial charge on any atom is -0.465 e. The summed E-state index contributed by atoms with van der Waals surface area (Å²) in [5.41, 5.74) is -0.548. The smallest absolute Gasteiger partial charge is 0.410 e. The summed E-state index contributed by atoms with van der Waals surface area (Å²) in [6, 6.07) is -0.282. The molecule has 1 fully saturated rings. The lowest BCUT2D eigenvalue weighted by molar-refractivity contribution is -0.145. The molecular formula is C14H26N2O5. The number of hydrogen-bond acceptors (Lipinski definition) is 6. The molecular weight excluding hydrogens is 276 g/mol. The Morgan fingerprint density at radius 1 is 1.29 bits per heavy atom. The van der Waals surface area contributed by atoms with Crippen LogP contribution < -0.4 is 0 Å². The van der Waals surface area contributed by atoms with Gasteiger partial charge in [0.15, 0.2) is 0 Å². The zero-order valence-corrected chi connectivity index (χ0v) is 13.3. The summed E-state index contributed by atoms with van der Waals surface area (Å²) in [6.45, 7) is 8.82. The van der Waals surface area contributed by atoms with E-state index < -0.39 is 11.7 Å². The fourth-order valence-corrected chi connectivity index (χ4v) is 2.14. The summed E-state index contributed by atoms with van der Waals surface area (Å²) in [5.74, 6) is -0.318. The molecule has 1 N–H and O–H groups in total. The van der Waals surface area contributed by atoms with Crippen molar-refractivity contribution in [2.24, 2.45) is 0 Å². The Kier molecular flexibility index (Phi) is 6.42. The molecule has 0 aromatic heterocycles. The molecule has 7 nitrogen and oxygen atoms in total. The number of rotatable bonds is 4. The highest BCUT2D eigenvalue weighted by Gasteiger charge is 2.32. The molecule has 0 aromatic carbocycles. The molecule has 1 atom stereocenters. The van der Waals surface area contributed by atoms with Gasteiger partial charge in [-0.15, -0.1) is 0 Å². The van der Waals surface area contributed by atoms with Crippen LogP contribution in [0, 0.1) is 0 Å². The third-order valence-electron chi connectivity index (χ3n) is 3.10. The van der Waals surface area contributed by atoms with E-state index in [4.69, 9.17) is 9.47 Å². The van der Waals surface area contributed by atoms with Crippen molar-refractivity contribution in [2.45, 2.75) is 39.3 Å². The van der Waals surface area contributed by atoms with E-state index in [0.29, 0.717) is 26.2 Å². The van der Waals surface area contributed by atoms with Gasteiger partial charge >= 0.3 is 12.1 Å². The van der Waals surface area contributed by atoms with E-state index in [1.807, 2.05) is 25.7 Å². The van der Waals surface area contributed by atoms with Crippen LogP contribution in [0.15, 0.2) is 0 Å². The number of ether oxygens (including phenoxy) is 2. The monoisotopic (exact) mass is 302 g/mol. The lowest BCUT2D eigenvalue weighted by Crippen LogP contribution is -2.57. The molecule has 1 rings (SSSR count). The van der Waals surface area contributed by atoms with Gasteiger partial charge in [-0.3, -0.25) is 9.69 Å². The number of carbonyl (C=O) groups excluding carboxylic acids is 2. The molecule has 1 aliphatic heterocycles. The second-order valence-electron chi connectivity index (χ2n) is 6.04. The third-order valence-corrected chi connectivity index (χ3v) is 3.10. The van der Waals surface area contributed by atoms with Crippen molar-refractivity contribution in [3.8, 4) is 0 Å². The number of aliphatic hydroxyl groups is 1. The van der Waals surface area contributed by atoms with E-state index in [1.54, 1.807) is 11.8 Å². The molecule has 1 heterocycles. The van der Waals surface area contributed by atoms with Gasteiger partial charge in [0, 0.05) is 19.6 Å². The Hall–Kier alpha value is -1.34. The van der Waals surface area contributed by atoms with Crippen LogP contribution in [-0.2, 0) is 14.3 Å². The average molecular weight is 302 g/mol. The van der Waals surface area contributed by atoms with Crippen LogP contribution in [0.5, 0.6) is 0 Å². The third kappa shape index (κ3) is 5.89. The highest BCUT2D eigenvalue weighted by atomic mass is 16.6. The Labute approximate surface area is 125 Å². The predicted molar refractivity (Wildman–Crippen MR) is 76.9 cm³/mol. The zero-order chi connectivity index (χ0) is 16.0. The second kappa shape index (κ2) is 7.61. The number of nitrogens with zero attached hydrogens (tertiary/aromatic N) is 2. The van der Waals surface area contributed by atoms with Crippen molar-refractivity contribution in [1.82, 2.24) is 9.80 Å². The molecule has 0 aliphatic carbocycles. The van der Waals surface area contributed by atoms with Gasteiger partial charge in [0.25, 0.3) is 0 Å². The van der Waals surface area contributed by atoms with Crippen molar-refractivity contribution in [1.29, 1.82) is 0 Å². The molecule has 0 radical (unpaired) electrons. The Morgan fingerprint density at radius 3 is 2.48 bits per heavy atom. The summed E-state index contributed by atoms with van der Waals surface area (Å²) >= 11 is 0. The van der Waals surface area contributed by atoms with Crippen molar-refractivity contribution in [3.05, 3.63) is 0 Å². The SMILES string of the molecule is CCOC(=O)CN1CCN(C(=O)OC(C)(C)C)CC1CO. The lowest BCUT2D eigenvalue weighted by atomic mass is 10.1. The molecule has 7 heteroatoms. The van der Waals surface area contributed by atoms with E-state index in [9.17, 15) is 14.7 Å². The number of hydrogen-bond donors (Lipinski definition) is 1. The van der Waals surface area contributed by atoms with E-state index >= 15 is 0 Å². The zero-order valence-electron chi connectivity index (χ0n) is 13.3. The van der Waals surface area contributed by atoms with Gasteiger partial charge < -0.3 is 19.5 Å². The van der Waals surface area contributed by atoms with Gasteiger partial charge in [0.1, 0.15) is 5.60 Å². The van der Waals surface area contributed by atoms with Crippen LogP contribution in [0.3, 0.4) is 0 Å². The predicted octanol–water partition coefficient (Wildman–Crippen LogP) is 0.463. The molecule has 1 unspecified atom stereocenters. The first-order valence-corrected chi connectivity index (χ1v) is 7.25. The number of aliphatic hydroxyl groups excluding tert-OH is 1. The molecule has 0 aromatic rings. The van der Waals surface area contributed by atoms with Crippen molar-refractivity contribution < 1.29 is 24.2 Å². The molecule has 0 bridgehead atoms. The van der Waals surface area contributed by atoms with Crippen LogP contribution in [0.4, 0.5) is 4.79 Å². The summed E-state index contributed by atoms with van der Waals surface area (Å²) in [7, 11) is 0. The molecule has 21 heavy (non-hydrogen) atoms. The molecule has 1 saturated heterocycles. The van der Waals surface area contributed by atoms with Gasteiger partial charge in [-0.2, -0.15) is 0 Å². The second-order valence-corrected chi connectivity index (χ2v) is 6.04. The van der Waals surface area contributed by atoms with Crippen LogP contribution in [-0.4, -0.2) is 78.0 Å². The summed E-state index contributed by atoms with van der Waals surface area (Å²) in [6.07, 6.45) is -0.392. The number of amides is 1. The quantitative estimate of drug-likeness (QED) is 0.760. The Balaban J connectivity index is 2.56. The molecule has 1 amide bonds. The van der Waals surface area contributed by atoms with Crippen molar-refractivity contribution >= 4 is 12.1 Å². The van der Waals surface area contributed by atoms with Crippen molar-refractivity contribution in [3.63, 3.8) is 0 Å². The van der Waals surface area contributed by atoms with Crippen LogP contribution >= 0.6 is 0 Å². The van der Waals surface area contributed by atoms with Gasteiger partial charge in [0.2, 0.25) is 0 Å². The van der Waals surface area contributed by atoms with Gasteiger partial charge in [-0.05, 0) is 27.7 Å². The molecule has 0 saturated carbocycles. The Bertz CT molecular complexity index is 367. The topological polar surface area (TPSA) is 79.3 Å². The Morgan fingerprint density at radius 2 is 1.95 bits per heavy atom. The summed E-state index contributed by atoms with van der Waals surface area (Å²) in [5, 5.41) is 9.46. The van der Waals surface area contributed by atoms with Crippen LogP contribution in [0.2, 0.25) is 0 Å². The van der Waals surface area contributed by atoms with Gasteiger partial charge in [-0.25, -0.2) is 4.79 Å². The largest absolute Gasteiger partial charge is 0.465 e. The maximum Gasteiger partial charge on any atom is 0.410 e. The minimum absolute atomic E-state index is 0.126. The van der Waals surface area contributed by atoms with E-state index in [1.165, 1.54) is 0 Å². The van der Waals surface area contributed by atoms with E-state index in [-0.39, 0.29) is 25.2 Å². The normalized spacial score (nSPS) is 20.2. The average Bonchev–Trinajstić information content (AvgIpc) is 2.37. The fourth-order valence-electron chi connectivity index (χ4n) is 2.14. The number of esters is 1. The number of carbonyl (C=O) groups is 2. The van der Waals surface area contributed by atoms with E-state index in [2.05, 4.69) is 0 Å². The molecule has 1 aliphatic rings. The highest BCUT2D eigenvalue weighted by Crippen LogP contribution is 2.14. The molecule has 122 valence electrons. The van der Waals surface area contributed by atoms with Gasteiger partial charge in [0.05, 0.1) is 25.8 Å². The lowest BCUT2D eigenvalue weighted by Gasteiger charge is -2.40. The van der Waals surface area contributed by atoms with Crippen molar-refractivity contribution in [2.75, 3.05) is 39.4 Å². The number of piperazine rings is 1. The first-order valence-electron chi connectivity index (χ1n) is 7.25. The minimum atomic E-state index is -0.548. The maximum absolute atomic E-state index is 12.0. The highest BCUT2D eigenvalue weighted by molar-refractivity contribution is 5.72. The maximum atomic E-state index is 12.0. The standard InChI is InChI=1S/C14H26N2O5/c1-5-20-12(18)9-15-6-7-16(8-11(15)10-17)13(19)21-14(2,3)4/h11,17H,5-10H2,1-4H3.